The van der Waals surface area contributed by atoms with Crippen molar-refractivity contribution in [3.8, 4) is 17.1 Å². The zero-order valence-corrected chi connectivity index (χ0v) is 18.3. The fraction of sp³-hybridized carbons (Fsp3) is 0.455. The van der Waals surface area contributed by atoms with Gasteiger partial charge in [0.15, 0.2) is 5.65 Å². The summed E-state index contributed by atoms with van der Waals surface area (Å²) in [5.74, 6) is 1.61. The minimum Gasteiger partial charge on any atom is -0.481 e. The fourth-order valence-corrected chi connectivity index (χ4v) is 3.64. The molecule has 3 aromatic rings. The lowest BCUT2D eigenvalue weighted by molar-refractivity contribution is 0.0289. The average Bonchev–Trinajstić information content (AvgIpc) is 3.38. The Morgan fingerprint density at radius 2 is 2.10 bits per heavy atom. The molecule has 0 bridgehead atoms. The number of ether oxygens (including phenoxy) is 2. The van der Waals surface area contributed by atoms with Crippen LogP contribution in [0.2, 0.25) is 0 Å². The number of amides is 1. The quantitative estimate of drug-likeness (QED) is 0.670. The summed E-state index contributed by atoms with van der Waals surface area (Å²) in [6, 6.07) is 7.62. The largest absolute Gasteiger partial charge is 0.481 e. The Morgan fingerprint density at radius 1 is 1.26 bits per heavy atom. The molecule has 1 N–H and O–H groups in total. The van der Waals surface area contributed by atoms with E-state index in [0.29, 0.717) is 24.9 Å². The monoisotopic (exact) mass is 424 g/mol. The lowest BCUT2D eigenvalue weighted by Gasteiger charge is -2.24. The van der Waals surface area contributed by atoms with Crippen LogP contribution < -0.4 is 10.1 Å². The number of rotatable bonds is 5. The van der Waals surface area contributed by atoms with Crippen molar-refractivity contribution in [2.45, 2.75) is 32.8 Å². The van der Waals surface area contributed by atoms with Crippen LogP contribution in [0.3, 0.4) is 0 Å². The number of hydrogen-bond donors (Lipinski definition) is 1. The third-order valence-corrected chi connectivity index (χ3v) is 5.11. The second kappa shape index (κ2) is 8.41. The molecule has 164 valence electrons. The van der Waals surface area contributed by atoms with E-state index in [2.05, 4.69) is 15.3 Å². The van der Waals surface area contributed by atoms with Crippen LogP contribution in [0.15, 0.2) is 36.7 Å². The molecule has 1 saturated heterocycles. The van der Waals surface area contributed by atoms with Crippen LogP contribution in [0, 0.1) is 5.92 Å². The fourth-order valence-electron chi connectivity index (χ4n) is 3.64. The number of imidazole rings is 1. The van der Waals surface area contributed by atoms with Gasteiger partial charge in [0, 0.05) is 25.8 Å². The number of carbonyl (C=O) groups is 1. The Bertz CT molecular complexity index is 1070. The molecule has 31 heavy (non-hydrogen) atoms. The third kappa shape index (κ3) is 4.70. The predicted molar refractivity (Wildman–Crippen MR) is 117 cm³/mol. The van der Waals surface area contributed by atoms with Gasteiger partial charge >= 0.3 is 6.09 Å². The zero-order chi connectivity index (χ0) is 22.0. The van der Waals surface area contributed by atoms with E-state index in [1.165, 1.54) is 0 Å². The summed E-state index contributed by atoms with van der Waals surface area (Å²) in [6.45, 7) is 7.75. The molecule has 0 saturated carbocycles. The van der Waals surface area contributed by atoms with Gasteiger partial charge < -0.3 is 19.7 Å². The molecule has 0 unspecified atom stereocenters. The highest BCUT2D eigenvalue weighted by atomic mass is 16.6. The van der Waals surface area contributed by atoms with Crippen LogP contribution in [0.25, 0.3) is 16.9 Å². The Labute approximate surface area is 181 Å². The van der Waals surface area contributed by atoms with Crippen LogP contribution >= 0.6 is 0 Å². The SMILES string of the molecule is COc1ncccc1-c1cnc2ccc(NC[C@@H]3CCN(C(=O)OC(C)(C)C)C3)nn12. The van der Waals surface area contributed by atoms with Crippen molar-refractivity contribution in [3.63, 3.8) is 0 Å². The maximum absolute atomic E-state index is 12.3. The molecule has 1 fully saturated rings. The van der Waals surface area contributed by atoms with Gasteiger partial charge in [-0.25, -0.2) is 19.3 Å². The topological polar surface area (TPSA) is 93.9 Å². The van der Waals surface area contributed by atoms with E-state index in [4.69, 9.17) is 14.6 Å². The maximum Gasteiger partial charge on any atom is 0.410 e. The molecular weight excluding hydrogens is 396 g/mol. The number of anilines is 1. The van der Waals surface area contributed by atoms with Gasteiger partial charge in [-0.1, -0.05) is 0 Å². The first-order valence-corrected chi connectivity index (χ1v) is 10.4. The van der Waals surface area contributed by atoms with Crippen LogP contribution in [0.5, 0.6) is 5.88 Å². The van der Waals surface area contributed by atoms with E-state index in [1.54, 1.807) is 28.9 Å². The second-order valence-corrected chi connectivity index (χ2v) is 8.65. The summed E-state index contributed by atoms with van der Waals surface area (Å²) in [6.07, 6.45) is 4.13. The first kappa shape index (κ1) is 20.9. The number of nitrogens with zero attached hydrogens (tertiary/aromatic N) is 5. The summed E-state index contributed by atoms with van der Waals surface area (Å²) < 4.78 is 12.6. The van der Waals surface area contributed by atoms with Crippen molar-refractivity contribution in [1.29, 1.82) is 0 Å². The summed E-state index contributed by atoms with van der Waals surface area (Å²) in [7, 11) is 1.59. The smallest absolute Gasteiger partial charge is 0.410 e. The first-order valence-electron chi connectivity index (χ1n) is 10.4. The van der Waals surface area contributed by atoms with Gasteiger partial charge in [0.25, 0.3) is 0 Å². The lowest BCUT2D eigenvalue weighted by Crippen LogP contribution is -2.35. The molecule has 9 nitrogen and oxygen atoms in total. The molecule has 1 aliphatic heterocycles. The highest BCUT2D eigenvalue weighted by Gasteiger charge is 2.29. The Hall–Kier alpha value is -3.36. The summed E-state index contributed by atoms with van der Waals surface area (Å²) >= 11 is 0. The van der Waals surface area contributed by atoms with E-state index in [1.807, 2.05) is 45.0 Å². The predicted octanol–water partition coefficient (Wildman–Crippen LogP) is 3.47. The van der Waals surface area contributed by atoms with Crippen molar-refractivity contribution < 1.29 is 14.3 Å². The zero-order valence-electron chi connectivity index (χ0n) is 18.3. The van der Waals surface area contributed by atoms with Gasteiger partial charge in [0.2, 0.25) is 5.88 Å². The van der Waals surface area contributed by atoms with Gasteiger partial charge in [-0.05, 0) is 57.4 Å². The molecular formula is C22H28N6O3. The average molecular weight is 425 g/mol. The summed E-state index contributed by atoms with van der Waals surface area (Å²) in [5, 5.41) is 8.10. The number of methoxy groups -OCH3 is 1. The third-order valence-electron chi connectivity index (χ3n) is 5.11. The van der Waals surface area contributed by atoms with Crippen LogP contribution in [0.4, 0.5) is 10.6 Å². The van der Waals surface area contributed by atoms with Crippen LogP contribution in [-0.4, -0.2) is 62.9 Å². The van der Waals surface area contributed by atoms with Gasteiger partial charge in [0.05, 0.1) is 24.6 Å². The molecule has 0 aromatic carbocycles. The first-order chi connectivity index (χ1) is 14.8. The second-order valence-electron chi connectivity index (χ2n) is 8.65. The molecule has 3 aromatic heterocycles. The number of likely N-dealkylation sites (tertiary alicyclic amines) is 1. The molecule has 1 atom stereocenters. The van der Waals surface area contributed by atoms with Crippen molar-refractivity contribution in [1.82, 2.24) is 24.5 Å². The molecule has 0 spiro atoms. The normalized spacial score (nSPS) is 16.5. The number of hydrogen-bond acceptors (Lipinski definition) is 7. The lowest BCUT2D eigenvalue weighted by atomic mass is 10.1. The molecule has 4 heterocycles. The number of aromatic nitrogens is 4. The molecule has 4 rings (SSSR count). The number of fused-ring (bicyclic) bond motifs is 1. The van der Waals surface area contributed by atoms with Crippen molar-refractivity contribution in [3.05, 3.63) is 36.7 Å². The van der Waals surface area contributed by atoms with Gasteiger partial charge in [-0.3, -0.25) is 0 Å². The molecule has 1 aliphatic rings. The van der Waals surface area contributed by atoms with E-state index >= 15 is 0 Å². The highest BCUT2D eigenvalue weighted by molar-refractivity contribution is 5.69. The summed E-state index contributed by atoms with van der Waals surface area (Å²) in [4.78, 5) is 22.7. The molecule has 1 amide bonds. The molecule has 0 aliphatic carbocycles. The van der Waals surface area contributed by atoms with Crippen LogP contribution in [-0.2, 0) is 4.74 Å². The number of pyridine rings is 1. The Kier molecular flexibility index (Phi) is 5.67. The van der Waals surface area contributed by atoms with Gasteiger partial charge in [0.1, 0.15) is 11.4 Å². The Morgan fingerprint density at radius 3 is 2.87 bits per heavy atom. The van der Waals surface area contributed by atoms with E-state index < -0.39 is 5.60 Å². The van der Waals surface area contributed by atoms with E-state index in [-0.39, 0.29) is 6.09 Å². The van der Waals surface area contributed by atoms with Crippen molar-refractivity contribution in [2.24, 2.45) is 5.92 Å². The van der Waals surface area contributed by atoms with E-state index in [0.717, 1.165) is 35.7 Å². The maximum atomic E-state index is 12.3. The molecule has 0 radical (unpaired) electrons. The highest BCUT2D eigenvalue weighted by Crippen LogP contribution is 2.28. The Balaban J connectivity index is 1.44. The van der Waals surface area contributed by atoms with Gasteiger partial charge in [-0.15, -0.1) is 5.10 Å². The number of nitrogens with one attached hydrogen (secondary N) is 1. The van der Waals surface area contributed by atoms with Gasteiger partial charge in [-0.2, -0.15) is 0 Å². The van der Waals surface area contributed by atoms with Crippen molar-refractivity contribution >= 4 is 17.6 Å². The standard InChI is InChI=1S/C22H28N6O3/c1-22(2,3)31-21(29)27-11-9-15(14-27)12-24-18-7-8-19-25-13-17(28(19)26-18)16-6-5-10-23-20(16)30-4/h5-8,10,13,15H,9,11-12,14H2,1-4H3,(H,24,26)/t15-/m0/s1. The minimum absolute atomic E-state index is 0.247. The van der Waals surface area contributed by atoms with Crippen LogP contribution in [0.1, 0.15) is 27.2 Å². The van der Waals surface area contributed by atoms with E-state index in [9.17, 15) is 4.79 Å². The summed E-state index contributed by atoms with van der Waals surface area (Å²) in [5.41, 5.74) is 1.89. The minimum atomic E-state index is -0.480. The number of carbonyl (C=O) groups excluding carboxylic acids is 1. The molecule has 9 heteroatoms. The van der Waals surface area contributed by atoms with Crippen molar-refractivity contribution in [2.75, 3.05) is 32.1 Å².